The second-order valence-electron chi connectivity index (χ2n) is 9.43. The van der Waals surface area contributed by atoms with E-state index in [1.165, 1.54) is 11.3 Å². The topological polar surface area (TPSA) is 136 Å². The van der Waals surface area contributed by atoms with Gasteiger partial charge in [-0.2, -0.15) is 0 Å². The number of likely N-dealkylation sites (tertiary alicyclic amines) is 1. The van der Waals surface area contributed by atoms with Gasteiger partial charge in [0.05, 0.1) is 28.1 Å². The molecular formula is C26H29N7O3S. The van der Waals surface area contributed by atoms with Gasteiger partial charge in [0.25, 0.3) is 0 Å². The highest BCUT2D eigenvalue weighted by molar-refractivity contribution is 7.22. The van der Waals surface area contributed by atoms with Crippen molar-refractivity contribution in [3.05, 3.63) is 54.2 Å². The Labute approximate surface area is 218 Å². The maximum atomic E-state index is 12.1. The molecule has 2 amide bonds. The molecule has 0 aliphatic carbocycles. The van der Waals surface area contributed by atoms with Crippen molar-refractivity contribution in [2.24, 2.45) is 0 Å². The molecule has 0 unspecified atom stereocenters. The van der Waals surface area contributed by atoms with Crippen molar-refractivity contribution in [3.8, 4) is 22.4 Å². The fraction of sp³-hybridized carbons (Fsp3) is 0.346. The maximum absolute atomic E-state index is 12.1. The Bertz CT molecular complexity index is 1410. The van der Waals surface area contributed by atoms with Crippen molar-refractivity contribution in [3.63, 3.8) is 0 Å². The lowest BCUT2D eigenvalue weighted by molar-refractivity contribution is -0.0871. The molecule has 192 valence electrons. The van der Waals surface area contributed by atoms with Crippen LogP contribution in [0.1, 0.15) is 25.2 Å². The number of aromatic nitrogens is 4. The van der Waals surface area contributed by atoms with Crippen molar-refractivity contribution in [2.75, 3.05) is 31.6 Å². The number of hydrogen-bond acceptors (Lipinski definition) is 9. The Morgan fingerprint density at radius 3 is 2.65 bits per heavy atom. The normalized spacial score (nSPS) is 14.9. The lowest BCUT2D eigenvalue weighted by atomic mass is 9.96. The van der Waals surface area contributed by atoms with E-state index in [1.54, 1.807) is 18.6 Å². The van der Waals surface area contributed by atoms with Gasteiger partial charge in [-0.3, -0.25) is 15.2 Å². The smallest absolute Gasteiger partial charge is 0.321 e. The molecule has 3 aromatic heterocycles. The summed E-state index contributed by atoms with van der Waals surface area (Å²) in [5.74, 6) is 0.578. The minimum absolute atomic E-state index is 0.00729. The Kier molecular flexibility index (Phi) is 7.11. The van der Waals surface area contributed by atoms with Crippen LogP contribution in [0.4, 0.5) is 9.93 Å². The van der Waals surface area contributed by atoms with Gasteiger partial charge >= 0.3 is 6.03 Å². The van der Waals surface area contributed by atoms with Crippen LogP contribution >= 0.6 is 11.3 Å². The number of aliphatic hydroxyl groups excluding tert-OH is 1. The van der Waals surface area contributed by atoms with Crippen molar-refractivity contribution in [1.29, 1.82) is 0 Å². The van der Waals surface area contributed by atoms with Gasteiger partial charge in [0, 0.05) is 62.3 Å². The van der Waals surface area contributed by atoms with Crippen LogP contribution in [-0.2, 0) is 13.0 Å². The first kappa shape index (κ1) is 25.2. The molecule has 4 N–H and O–H groups in total. The number of fused-ring (bicyclic) bond motifs is 1. The van der Waals surface area contributed by atoms with Crippen molar-refractivity contribution in [2.45, 2.75) is 32.4 Å². The van der Waals surface area contributed by atoms with Crippen LogP contribution in [0.5, 0.6) is 0 Å². The van der Waals surface area contributed by atoms with E-state index < -0.39 is 5.60 Å². The maximum Gasteiger partial charge on any atom is 0.321 e. The molecule has 1 saturated heterocycles. The SMILES string of the molecule is CCNC(=O)Nc1nc2cc(-c3cnc(CCO)nc3)cc(-c3cc(CN4CC(C)(O)C4)ccn3)c2s1. The molecule has 0 saturated carbocycles. The predicted molar refractivity (Wildman–Crippen MR) is 143 cm³/mol. The fourth-order valence-corrected chi connectivity index (χ4v) is 5.45. The predicted octanol–water partition coefficient (Wildman–Crippen LogP) is 3.06. The molecule has 4 aromatic rings. The molecule has 1 aliphatic heterocycles. The summed E-state index contributed by atoms with van der Waals surface area (Å²) in [6.07, 6.45) is 5.67. The van der Waals surface area contributed by atoms with E-state index in [2.05, 4.69) is 41.5 Å². The summed E-state index contributed by atoms with van der Waals surface area (Å²) in [7, 11) is 0. The highest BCUT2D eigenvalue weighted by Gasteiger charge is 2.36. The molecule has 0 spiro atoms. The number of nitrogens with one attached hydrogen (secondary N) is 2. The van der Waals surface area contributed by atoms with Crippen LogP contribution in [-0.4, -0.2) is 72.9 Å². The van der Waals surface area contributed by atoms with Crippen LogP contribution in [0.3, 0.4) is 0 Å². The second kappa shape index (κ2) is 10.5. The summed E-state index contributed by atoms with van der Waals surface area (Å²) in [5.41, 5.74) is 4.58. The monoisotopic (exact) mass is 519 g/mol. The first-order valence-corrected chi connectivity index (χ1v) is 13.0. The number of hydrogen-bond donors (Lipinski definition) is 4. The molecule has 1 fully saturated rings. The fourth-order valence-electron chi connectivity index (χ4n) is 4.49. The van der Waals surface area contributed by atoms with Gasteiger partial charge in [-0.1, -0.05) is 11.3 Å². The van der Waals surface area contributed by atoms with E-state index >= 15 is 0 Å². The Balaban J connectivity index is 1.54. The van der Waals surface area contributed by atoms with Crippen molar-refractivity contribution >= 4 is 32.7 Å². The van der Waals surface area contributed by atoms with Gasteiger partial charge in [-0.25, -0.2) is 19.7 Å². The van der Waals surface area contributed by atoms with E-state index in [9.17, 15) is 9.90 Å². The molecule has 5 rings (SSSR count). The van der Waals surface area contributed by atoms with E-state index in [0.29, 0.717) is 37.0 Å². The van der Waals surface area contributed by atoms with Crippen LogP contribution in [0, 0.1) is 0 Å². The second-order valence-corrected chi connectivity index (χ2v) is 10.4. The summed E-state index contributed by atoms with van der Waals surface area (Å²) < 4.78 is 0.907. The number of carbonyl (C=O) groups is 1. The summed E-state index contributed by atoms with van der Waals surface area (Å²) in [6, 6.07) is 7.74. The number of amides is 2. The van der Waals surface area contributed by atoms with Crippen molar-refractivity contribution in [1.82, 2.24) is 30.2 Å². The lowest BCUT2D eigenvalue weighted by Gasteiger charge is -2.44. The largest absolute Gasteiger partial charge is 0.396 e. The van der Waals surface area contributed by atoms with Gasteiger partial charge in [0.2, 0.25) is 0 Å². The molecule has 37 heavy (non-hydrogen) atoms. The van der Waals surface area contributed by atoms with Crippen LogP contribution in [0.15, 0.2) is 42.9 Å². The zero-order chi connectivity index (χ0) is 26.0. The first-order chi connectivity index (χ1) is 17.8. The van der Waals surface area contributed by atoms with Gasteiger partial charge < -0.3 is 15.5 Å². The standard InChI is InChI=1S/C26H29N7O3S/c1-3-27-24(35)32-25-31-21-10-17(18-11-29-22(5-7-34)30-12-18)9-19(23(21)37-25)20-8-16(4-6-28-20)13-33-14-26(2,36)15-33/h4,6,8-12,34,36H,3,5,7,13-15H2,1-2H3,(H2,27,31,32,35). The van der Waals surface area contributed by atoms with E-state index in [-0.39, 0.29) is 12.6 Å². The summed E-state index contributed by atoms with van der Waals surface area (Å²) in [5, 5.41) is 25.3. The third-order valence-corrected chi connectivity index (χ3v) is 7.08. The summed E-state index contributed by atoms with van der Waals surface area (Å²) in [4.78, 5) is 32.4. The molecule has 4 heterocycles. The molecule has 1 aliphatic rings. The zero-order valence-corrected chi connectivity index (χ0v) is 21.5. The third-order valence-electron chi connectivity index (χ3n) is 6.06. The van der Waals surface area contributed by atoms with E-state index in [4.69, 9.17) is 5.11 Å². The van der Waals surface area contributed by atoms with Gasteiger partial charge in [0.15, 0.2) is 5.13 Å². The summed E-state index contributed by atoms with van der Waals surface area (Å²) in [6.45, 7) is 6.21. The molecular weight excluding hydrogens is 490 g/mol. The first-order valence-electron chi connectivity index (χ1n) is 12.1. The number of nitrogens with zero attached hydrogens (tertiary/aromatic N) is 5. The van der Waals surface area contributed by atoms with Gasteiger partial charge in [-0.15, -0.1) is 0 Å². The molecule has 10 nitrogen and oxygen atoms in total. The number of anilines is 1. The molecule has 0 radical (unpaired) electrons. The zero-order valence-electron chi connectivity index (χ0n) is 20.7. The molecule has 11 heteroatoms. The average molecular weight is 520 g/mol. The highest BCUT2D eigenvalue weighted by Crippen LogP contribution is 2.38. The van der Waals surface area contributed by atoms with Crippen LogP contribution in [0.2, 0.25) is 0 Å². The van der Waals surface area contributed by atoms with Gasteiger partial charge in [-0.05, 0) is 49.2 Å². The van der Waals surface area contributed by atoms with E-state index in [0.717, 1.165) is 44.7 Å². The molecule has 0 atom stereocenters. The number of thiazole rings is 1. The number of pyridine rings is 1. The van der Waals surface area contributed by atoms with Crippen molar-refractivity contribution < 1.29 is 15.0 Å². The minimum Gasteiger partial charge on any atom is -0.396 e. The Morgan fingerprint density at radius 1 is 1.16 bits per heavy atom. The molecule has 0 bridgehead atoms. The lowest BCUT2D eigenvalue weighted by Crippen LogP contribution is -2.59. The average Bonchev–Trinajstić information content (AvgIpc) is 3.25. The number of urea groups is 1. The number of aliphatic hydroxyl groups is 2. The Morgan fingerprint density at radius 2 is 1.95 bits per heavy atom. The number of benzene rings is 1. The Hall–Kier alpha value is -3.51. The number of β-amino-alcohol motifs (C(OH)–C–C–N with tert-alkyl or cyclic N) is 1. The van der Waals surface area contributed by atoms with Gasteiger partial charge in [0.1, 0.15) is 5.82 Å². The molecule has 1 aromatic carbocycles. The number of rotatable bonds is 8. The third kappa shape index (κ3) is 5.75. The number of carbonyl (C=O) groups excluding carboxylic acids is 1. The van der Waals surface area contributed by atoms with Crippen LogP contribution in [0.25, 0.3) is 32.6 Å². The van der Waals surface area contributed by atoms with Crippen LogP contribution < -0.4 is 10.6 Å². The highest BCUT2D eigenvalue weighted by atomic mass is 32.1. The quantitative estimate of drug-likeness (QED) is 0.279. The van der Waals surface area contributed by atoms with E-state index in [1.807, 2.05) is 32.0 Å². The minimum atomic E-state index is -0.624. The summed E-state index contributed by atoms with van der Waals surface area (Å²) >= 11 is 1.40.